The normalized spacial score (nSPS) is 17.7. The second kappa shape index (κ2) is 7.40. The first kappa shape index (κ1) is 17.0. The monoisotopic (exact) mass is 354 g/mol. The summed E-state index contributed by atoms with van der Waals surface area (Å²) in [5.74, 6) is 0.988. The molecule has 0 unspecified atom stereocenters. The Morgan fingerprint density at radius 1 is 1.21 bits per heavy atom. The molecule has 0 aromatic heterocycles. The number of nitrogens with one attached hydrogen (secondary N) is 2. The predicted octanol–water partition coefficient (Wildman–Crippen LogP) is 0.347. The Bertz CT molecular complexity index is 700. The number of rotatable bonds is 6. The summed E-state index contributed by atoms with van der Waals surface area (Å²) in [5.41, 5.74) is 0. The lowest BCUT2D eigenvalue weighted by atomic mass is 10.0. The van der Waals surface area contributed by atoms with E-state index in [2.05, 4.69) is 10.6 Å². The van der Waals surface area contributed by atoms with Gasteiger partial charge in [-0.15, -0.1) is 0 Å². The van der Waals surface area contributed by atoms with Gasteiger partial charge in [0.05, 0.1) is 23.9 Å². The van der Waals surface area contributed by atoms with Crippen LogP contribution >= 0.6 is 0 Å². The molecule has 2 aliphatic heterocycles. The predicted molar refractivity (Wildman–Crippen MR) is 88.1 cm³/mol. The van der Waals surface area contributed by atoms with Gasteiger partial charge in [0.1, 0.15) is 0 Å². The van der Waals surface area contributed by atoms with Crippen molar-refractivity contribution in [1.29, 1.82) is 0 Å². The van der Waals surface area contributed by atoms with Crippen molar-refractivity contribution in [2.24, 2.45) is 5.92 Å². The van der Waals surface area contributed by atoms with Crippen LogP contribution in [0.2, 0.25) is 0 Å². The minimum absolute atomic E-state index is 0.0447. The van der Waals surface area contributed by atoms with Crippen LogP contribution in [0.4, 0.5) is 0 Å². The summed E-state index contributed by atoms with van der Waals surface area (Å²) in [5, 5.41) is 5.90. The number of amides is 1. The van der Waals surface area contributed by atoms with Gasteiger partial charge < -0.3 is 20.1 Å². The summed E-state index contributed by atoms with van der Waals surface area (Å²) >= 11 is 0. The summed E-state index contributed by atoms with van der Waals surface area (Å²) in [6, 6.07) is 4.59. The van der Waals surface area contributed by atoms with Crippen molar-refractivity contribution in [2.45, 2.75) is 17.7 Å². The van der Waals surface area contributed by atoms with Gasteiger partial charge in [-0.1, -0.05) is 0 Å². The molecule has 132 valence electrons. The molecule has 1 aromatic rings. The average Bonchev–Trinajstić information content (AvgIpc) is 2.76. The largest absolute Gasteiger partial charge is 0.490 e. The number of fused-ring (bicyclic) bond motifs is 1. The quantitative estimate of drug-likeness (QED) is 0.766. The zero-order valence-corrected chi connectivity index (χ0v) is 14.2. The molecule has 1 amide bonds. The molecule has 24 heavy (non-hydrogen) atoms. The highest BCUT2D eigenvalue weighted by molar-refractivity contribution is 7.91. The van der Waals surface area contributed by atoms with Gasteiger partial charge in [0.15, 0.2) is 21.3 Å². The van der Waals surface area contributed by atoms with Crippen molar-refractivity contribution in [1.82, 2.24) is 10.6 Å². The van der Waals surface area contributed by atoms with E-state index in [-0.39, 0.29) is 23.0 Å². The van der Waals surface area contributed by atoms with E-state index in [0.717, 1.165) is 19.5 Å². The maximum absolute atomic E-state index is 12.4. The molecule has 0 radical (unpaired) electrons. The fourth-order valence-electron chi connectivity index (χ4n) is 2.52. The summed E-state index contributed by atoms with van der Waals surface area (Å²) in [4.78, 5) is 12.0. The molecule has 0 saturated carbocycles. The SMILES string of the molecule is O=C(CCS(=O)(=O)c1ccc2c(c1)OCCCO2)NCC1CNC1. The first-order valence-electron chi connectivity index (χ1n) is 8.14. The fraction of sp³-hybridized carbons (Fsp3) is 0.562. The lowest BCUT2D eigenvalue weighted by Gasteiger charge is -2.27. The Labute approximate surface area is 141 Å². The zero-order chi connectivity index (χ0) is 17.0. The van der Waals surface area contributed by atoms with Gasteiger partial charge in [-0.05, 0) is 12.1 Å². The smallest absolute Gasteiger partial charge is 0.221 e. The number of hydrogen-bond acceptors (Lipinski definition) is 6. The number of hydrogen-bond donors (Lipinski definition) is 2. The van der Waals surface area contributed by atoms with E-state index in [0.29, 0.717) is 37.2 Å². The van der Waals surface area contributed by atoms with Crippen molar-refractivity contribution in [3.05, 3.63) is 18.2 Å². The van der Waals surface area contributed by atoms with Gasteiger partial charge in [0.25, 0.3) is 0 Å². The van der Waals surface area contributed by atoms with E-state index in [1.165, 1.54) is 12.1 Å². The topological polar surface area (TPSA) is 93.7 Å². The van der Waals surface area contributed by atoms with Gasteiger partial charge in [-0.3, -0.25) is 4.79 Å². The highest BCUT2D eigenvalue weighted by atomic mass is 32.2. The number of carbonyl (C=O) groups is 1. The lowest BCUT2D eigenvalue weighted by Crippen LogP contribution is -2.48. The Hall–Kier alpha value is -1.80. The highest BCUT2D eigenvalue weighted by Gasteiger charge is 2.21. The molecule has 2 aliphatic rings. The minimum atomic E-state index is -3.54. The number of benzene rings is 1. The van der Waals surface area contributed by atoms with E-state index in [9.17, 15) is 13.2 Å². The maximum Gasteiger partial charge on any atom is 0.221 e. The number of sulfone groups is 1. The first-order chi connectivity index (χ1) is 11.5. The van der Waals surface area contributed by atoms with Gasteiger partial charge in [-0.2, -0.15) is 0 Å². The molecule has 1 fully saturated rings. The molecule has 3 rings (SSSR count). The van der Waals surface area contributed by atoms with Crippen LogP contribution in [0.25, 0.3) is 0 Å². The first-order valence-corrected chi connectivity index (χ1v) is 9.80. The molecule has 7 nitrogen and oxygen atoms in total. The van der Waals surface area contributed by atoms with Gasteiger partial charge >= 0.3 is 0 Å². The van der Waals surface area contributed by atoms with Crippen molar-refractivity contribution in [2.75, 3.05) is 38.6 Å². The van der Waals surface area contributed by atoms with E-state index in [1.54, 1.807) is 6.07 Å². The molecule has 1 aromatic carbocycles. The van der Waals surface area contributed by atoms with Crippen LogP contribution in [0.5, 0.6) is 11.5 Å². The standard InChI is InChI=1S/C16H22N2O5S/c19-16(18-11-12-9-17-10-12)4-7-24(20,21)13-2-3-14-15(8-13)23-6-1-5-22-14/h2-3,8,12,17H,1,4-7,9-11H2,(H,18,19). The zero-order valence-electron chi connectivity index (χ0n) is 13.4. The van der Waals surface area contributed by atoms with Crippen LogP contribution in [0.15, 0.2) is 23.1 Å². The Kier molecular flexibility index (Phi) is 5.25. The minimum Gasteiger partial charge on any atom is -0.490 e. The van der Waals surface area contributed by atoms with Crippen LogP contribution in [0.1, 0.15) is 12.8 Å². The van der Waals surface area contributed by atoms with E-state index >= 15 is 0 Å². The summed E-state index contributed by atoms with van der Waals surface area (Å²) < 4.78 is 35.9. The molecule has 8 heteroatoms. The molecular formula is C16H22N2O5S. The van der Waals surface area contributed by atoms with Crippen LogP contribution < -0.4 is 20.1 Å². The average molecular weight is 354 g/mol. The summed E-state index contributed by atoms with van der Waals surface area (Å²) in [6.45, 7) is 3.44. The molecule has 2 N–H and O–H groups in total. The Balaban J connectivity index is 1.58. The molecule has 0 atom stereocenters. The van der Waals surface area contributed by atoms with Crippen molar-refractivity contribution >= 4 is 15.7 Å². The van der Waals surface area contributed by atoms with E-state index < -0.39 is 9.84 Å². The third-order valence-electron chi connectivity index (χ3n) is 4.13. The number of carbonyl (C=O) groups excluding carboxylic acids is 1. The fourth-order valence-corrected chi connectivity index (χ4v) is 3.77. The van der Waals surface area contributed by atoms with Crippen LogP contribution in [0.3, 0.4) is 0 Å². The van der Waals surface area contributed by atoms with E-state index in [1.807, 2.05) is 0 Å². The van der Waals surface area contributed by atoms with Crippen molar-refractivity contribution in [3.63, 3.8) is 0 Å². The van der Waals surface area contributed by atoms with Gasteiger partial charge in [0, 0.05) is 44.5 Å². The second-order valence-corrected chi connectivity index (χ2v) is 8.17. The van der Waals surface area contributed by atoms with Crippen LogP contribution in [-0.4, -0.2) is 52.9 Å². The summed E-state index contributed by atoms with van der Waals surface area (Å²) in [6.07, 6.45) is 0.713. The van der Waals surface area contributed by atoms with Crippen molar-refractivity contribution in [3.8, 4) is 11.5 Å². The van der Waals surface area contributed by atoms with Gasteiger partial charge in [0.2, 0.25) is 5.91 Å². The van der Waals surface area contributed by atoms with Crippen LogP contribution in [0, 0.1) is 5.92 Å². The molecule has 0 bridgehead atoms. The lowest BCUT2D eigenvalue weighted by molar-refractivity contribution is -0.120. The summed E-state index contributed by atoms with van der Waals surface area (Å²) in [7, 11) is -3.54. The highest BCUT2D eigenvalue weighted by Crippen LogP contribution is 2.32. The molecule has 2 heterocycles. The third kappa shape index (κ3) is 4.18. The molecule has 0 aliphatic carbocycles. The molecular weight excluding hydrogens is 332 g/mol. The second-order valence-electron chi connectivity index (χ2n) is 6.06. The number of ether oxygens (including phenoxy) is 2. The van der Waals surface area contributed by atoms with Crippen LogP contribution in [-0.2, 0) is 14.6 Å². The maximum atomic E-state index is 12.4. The third-order valence-corrected chi connectivity index (χ3v) is 5.84. The Morgan fingerprint density at radius 3 is 2.67 bits per heavy atom. The van der Waals surface area contributed by atoms with Crippen molar-refractivity contribution < 1.29 is 22.7 Å². The van der Waals surface area contributed by atoms with E-state index in [4.69, 9.17) is 9.47 Å². The Morgan fingerprint density at radius 2 is 1.96 bits per heavy atom. The van der Waals surface area contributed by atoms with Gasteiger partial charge in [-0.25, -0.2) is 8.42 Å². The molecule has 1 saturated heterocycles. The molecule has 0 spiro atoms.